The fraction of sp³-hybridized carbons (Fsp3) is 0.700. The highest BCUT2D eigenvalue weighted by Gasteiger charge is 2.38. The molecule has 1 aliphatic rings. The molecule has 0 aliphatic heterocycles. The van der Waals surface area contributed by atoms with E-state index < -0.39 is 0 Å². The van der Waals surface area contributed by atoms with Gasteiger partial charge >= 0.3 is 0 Å². The smallest absolute Gasteiger partial charge is 0.233 e. The summed E-state index contributed by atoms with van der Waals surface area (Å²) in [5.41, 5.74) is 6.59. The van der Waals surface area contributed by atoms with Gasteiger partial charge in [-0.25, -0.2) is 0 Å². The van der Waals surface area contributed by atoms with Gasteiger partial charge < -0.3 is 10.5 Å². The molecule has 4 nitrogen and oxygen atoms in total. The fourth-order valence-electron chi connectivity index (χ4n) is 1.90. The Morgan fingerprint density at radius 1 is 1.64 bits per heavy atom. The van der Waals surface area contributed by atoms with E-state index in [1.54, 1.807) is 0 Å². The Labute approximate surface area is 83.8 Å². The second-order valence-electron chi connectivity index (χ2n) is 4.07. The average molecular weight is 195 g/mol. The molecule has 1 aromatic rings. The number of nitrogens with two attached hydrogens (primary N) is 1. The number of nitrogens with one attached hydrogen (secondary N) is 1. The first kappa shape index (κ1) is 9.52. The molecule has 0 amide bonds. The Kier molecular flexibility index (Phi) is 2.46. The van der Waals surface area contributed by atoms with Crippen LogP contribution in [-0.2, 0) is 0 Å². The highest BCUT2D eigenvalue weighted by atomic mass is 16.5. The van der Waals surface area contributed by atoms with Crippen LogP contribution >= 0.6 is 0 Å². The van der Waals surface area contributed by atoms with E-state index in [0.29, 0.717) is 12.4 Å². The van der Waals surface area contributed by atoms with Gasteiger partial charge in [-0.15, -0.1) is 5.10 Å². The summed E-state index contributed by atoms with van der Waals surface area (Å²) < 4.78 is 5.88. The lowest BCUT2D eigenvalue weighted by Crippen LogP contribution is -2.44. The third kappa shape index (κ3) is 1.75. The average Bonchev–Trinajstić information content (AvgIpc) is 2.48. The summed E-state index contributed by atoms with van der Waals surface area (Å²) in [7, 11) is 0. The van der Waals surface area contributed by atoms with Crippen LogP contribution in [0.1, 0.15) is 31.4 Å². The highest BCUT2D eigenvalue weighted by molar-refractivity contribution is 5.14. The van der Waals surface area contributed by atoms with Gasteiger partial charge in [0, 0.05) is 11.8 Å². The molecular weight excluding hydrogens is 178 g/mol. The van der Waals surface area contributed by atoms with E-state index in [4.69, 9.17) is 10.5 Å². The maximum Gasteiger partial charge on any atom is 0.233 e. The maximum absolute atomic E-state index is 5.88. The molecule has 1 aliphatic carbocycles. The molecule has 14 heavy (non-hydrogen) atoms. The maximum atomic E-state index is 5.88. The van der Waals surface area contributed by atoms with Crippen molar-refractivity contribution in [3.8, 4) is 5.88 Å². The van der Waals surface area contributed by atoms with Crippen molar-refractivity contribution in [3.05, 3.63) is 11.8 Å². The van der Waals surface area contributed by atoms with Gasteiger partial charge in [-0.1, -0.05) is 0 Å². The van der Waals surface area contributed by atoms with E-state index in [9.17, 15) is 0 Å². The third-order valence-electron chi connectivity index (χ3n) is 2.87. The topological polar surface area (TPSA) is 63.9 Å². The lowest BCUT2D eigenvalue weighted by molar-refractivity contribution is -0.0162. The van der Waals surface area contributed by atoms with E-state index in [0.717, 1.165) is 25.0 Å². The zero-order valence-corrected chi connectivity index (χ0v) is 8.55. The minimum absolute atomic E-state index is 0.0175. The summed E-state index contributed by atoms with van der Waals surface area (Å²) in [4.78, 5) is 0. The Morgan fingerprint density at radius 3 is 2.86 bits per heavy atom. The summed E-state index contributed by atoms with van der Waals surface area (Å²) in [6, 6.07) is 1.93. The van der Waals surface area contributed by atoms with Crippen LogP contribution in [-0.4, -0.2) is 22.3 Å². The van der Waals surface area contributed by atoms with Crippen molar-refractivity contribution in [3.63, 3.8) is 0 Å². The fourth-order valence-corrected chi connectivity index (χ4v) is 1.90. The van der Waals surface area contributed by atoms with Gasteiger partial charge in [-0.3, -0.25) is 5.10 Å². The molecule has 4 heteroatoms. The minimum atomic E-state index is -0.0175. The summed E-state index contributed by atoms with van der Waals surface area (Å²) in [5.74, 6) is 0.704. The van der Waals surface area contributed by atoms with Crippen molar-refractivity contribution in [2.75, 3.05) is 6.54 Å². The molecule has 0 atom stereocenters. The molecule has 1 saturated carbocycles. The second kappa shape index (κ2) is 3.61. The van der Waals surface area contributed by atoms with E-state index in [1.807, 2.05) is 13.0 Å². The molecule has 3 N–H and O–H groups in total. The number of hydrogen-bond acceptors (Lipinski definition) is 3. The predicted molar refractivity (Wildman–Crippen MR) is 54.2 cm³/mol. The van der Waals surface area contributed by atoms with Crippen molar-refractivity contribution < 1.29 is 4.74 Å². The largest absolute Gasteiger partial charge is 0.470 e. The molecule has 0 bridgehead atoms. The van der Waals surface area contributed by atoms with E-state index in [1.165, 1.54) is 6.42 Å². The van der Waals surface area contributed by atoms with E-state index >= 15 is 0 Å². The first-order valence-corrected chi connectivity index (χ1v) is 5.15. The number of aromatic amines is 1. The van der Waals surface area contributed by atoms with Crippen molar-refractivity contribution in [2.45, 2.75) is 38.2 Å². The standard InChI is InChI=1S/C10H17N3O/c1-8-7-9(13-12-8)14-10(5-6-11)3-2-4-10/h7H,2-6,11H2,1H3,(H,12,13). The van der Waals surface area contributed by atoms with Gasteiger partial charge in [0.15, 0.2) is 0 Å². The Bertz CT molecular complexity index is 304. The zero-order chi connectivity index (χ0) is 10.0. The van der Waals surface area contributed by atoms with Crippen LogP contribution in [0.4, 0.5) is 0 Å². The van der Waals surface area contributed by atoms with Gasteiger partial charge in [-0.05, 0) is 39.2 Å². The monoisotopic (exact) mass is 195 g/mol. The number of ether oxygens (including phenoxy) is 1. The van der Waals surface area contributed by atoms with Gasteiger partial charge in [0.1, 0.15) is 5.60 Å². The number of aromatic nitrogens is 2. The lowest BCUT2D eigenvalue weighted by atomic mass is 9.77. The molecule has 0 aromatic carbocycles. The molecule has 1 fully saturated rings. The summed E-state index contributed by atoms with van der Waals surface area (Å²) in [5, 5.41) is 6.95. The van der Waals surface area contributed by atoms with Gasteiger partial charge in [0.05, 0.1) is 0 Å². The predicted octanol–water partition coefficient (Wildman–Crippen LogP) is 1.37. The quantitative estimate of drug-likeness (QED) is 0.762. The van der Waals surface area contributed by atoms with Crippen molar-refractivity contribution >= 4 is 0 Å². The summed E-state index contributed by atoms with van der Waals surface area (Å²) in [6.45, 7) is 2.65. The van der Waals surface area contributed by atoms with Gasteiger partial charge in [-0.2, -0.15) is 0 Å². The summed E-state index contributed by atoms with van der Waals surface area (Å²) in [6.07, 6.45) is 4.38. The molecular formula is C10H17N3O. The molecule has 78 valence electrons. The molecule has 2 rings (SSSR count). The molecule has 1 aromatic heterocycles. The molecule has 0 saturated heterocycles. The highest BCUT2D eigenvalue weighted by Crippen LogP contribution is 2.38. The van der Waals surface area contributed by atoms with Gasteiger partial charge in [0.25, 0.3) is 0 Å². The molecule has 0 spiro atoms. The van der Waals surface area contributed by atoms with Crippen LogP contribution in [0.5, 0.6) is 5.88 Å². The van der Waals surface area contributed by atoms with Crippen LogP contribution < -0.4 is 10.5 Å². The van der Waals surface area contributed by atoms with E-state index in [2.05, 4.69) is 10.2 Å². The second-order valence-corrected chi connectivity index (χ2v) is 4.07. The van der Waals surface area contributed by atoms with Crippen LogP contribution in [0.15, 0.2) is 6.07 Å². The third-order valence-corrected chi connectivity index (χ3v) is 2.87. The molecule has 1 heterocycles. The Balaban J connectivity index is 2.01. The number of rotatable bonds is 4. The van der Waals surface area contributed by atoms with Crippen molar-refractivity contribution in [1.82, 2.24) is 10.2 Å². The minimum Gasteiger partial charge on any atom is -0.470 e. The van der Waals surface area contributed by atoms with Crippen LogP contribution in [0.3, 0.4) is 0 Å². The normalized spacial score (nSPS) is 19.0. The SMILES string of the molecule is Cc1cc(OC2(CCN)CCC2)n[nH]1. The first-order valence-electron chi connectivity index (χ1n) is 5.15. The molecule has 0 unspecified atom stereocenters. The van der Waals surface area contributed by atoms with Crippen molar-refractivity contribution in [2.24, 2.45) is 5.73 Å². The number of hydrogen-bond donors (Lipinski definition) is 2. The summed E-state index contributed by atoms with van der Waals surface area (Å²) >= 11 is 0. The van der Waals surface area contributed by atoms with Crippen LogP contribution in [0, 0.1) is 6.92 Å². The zero-order valence-electron chi connectivity index (χ0n) is 8.55. The first-order chi connectivity index (χ1) is 6.74. The lowest BCUT2D eigenvalue weighted by Gasteiger charge is -2.40. The van der Waals surface area contributed by atoms with Crippen molar-refractivity contribution in [1.29, 1.82) is 0 Å². The molecule has 0 radical (unpaired) electrons. The van der Waals surface area contributed by atoms with Crippen LogP contribution in [0.2, 0.25) is 0 Å². The number of H-pyrrole nitrogens is 1. The Morgan fingerprint density at radius 2 is 2.43 bits per heavy atom. The Hall–Kier alpha value is -1.03. The van der Waals surface area contributed by atoms with E-state index in [-0.39, 0.29) is 5.60 Å². The van der Waals surface area contributed by atoms with Crippen LogP contribution in [0.25, 0.3) is 0 Å². The number of nitrogens with zero attached hydrogens (tertiary/aromatic N) is 1. The number of aryl methyl sites for hydroxylation is 1. The van der Waals surface area contributed by atoms with Gasteiger partial charge in [0.2, 0.25) is 5.88 Å².